The quantitative estimate of drug-likeness (QED) is 0.432. The summed E-state index contributed by atoms with van der Waals surface area (Å²) in [7, 11) is 0. The van der Waals surface area contributed by atoms with Gasteiger partial charge in [0.15, 0.2) is 0 Å². The van der Waals surface area contributed by atoms with Gasteiger partial charge < -0.3 is 4.42 Å². The molecule has 0 aliphatic rings. The number of nitrogens with zero attached hydrogens (tertiary/aromatic N) is 2. The fraction of sp³-hybridized carbons (Fsp3) is 0.273. The van der Waals surface area contributed by atoms with Gasteiger partial charge in [0.2, 0.25) is 5.71 Å². The number of benzene rings is 1. The molecule has 3 aromatic heterocycles. The Morgan fingerprint density at radius 1 is 0.880 bits per heavy atom. The van der Waals surface area contributed by atoms with Gasteiger partial charge in [-0.3, -0.25) is 4.98 Å². The van der Waals surface area contributed by atoms with Crippen molar-refractivity contribution in [1.29, 1.82) is 0 Å². The average Bonchev–Trinajstić information content (AvgIpc) is 2.92. The van der Waals surface area contributed by atoms with Crippen LogP contribution in [0.5, 0.6) is 0 Å². The Balaban J connectivity index is 2.03. The van der Waals surface area contributed by atoms with E-state index in [2.05, 4.69) is 69.1 Å². The second-order valence-electron chi connectivity index (χ2n) is 7.76. The highest BCUT2D eigenvalue weighted by Gasteiger charge is 2.20. The smallest absolute Gasteiger partial charge is 0.227 e. The van der Waals surface area contributed by atoms with E-state index >= 15 is 0 Å². The van der Waals surface area contributed by atoms with E-state index in [9.17, 15) is 0 Å². The molecule has 3 nitrogen and oxygen atoms in total. The van der Waals surface area contributed by atoms with Crippen LogP contribution < -0.4 is 0 Å². The molecular formula is C22H22N2O. The molecule has 0 fully saturated rings. The monoisotopic (exact) mass is 330 g/mol. The van der Waals surface area contributed by atoms with Crippen molar-refractivity contribution in [3.63, 3.8) is 0 Å². The molecule has 1 aromatic carbocycles. The molecule has 4 aromatic rings. The summed E-state index contributed by atoms with van der Waals surface area (Å²) in [4.78, 5) is 9.38. The number of pyridine rings is 2. The molecular weight excluding hydrogens is 308 g/mol. The number of hydrogen-bond donors (Lipinski definition) is 0. The molecule has 4 rings (SSSR count). The van der Waals surface area contributed by atoms with E-state index in [0.717, 1.165) is 44.4 Å². The van der Waals surface area contributed by atoms with Crippen LogP contribution in [0.1, 0.15) is 37.6 Å². The maximum Gasteiger partial charge on any atom is 0.227 e. The number of rotatable bonds is 1. The Labute approximate surface area is 147 Å². The van der Waals surface area contributed by atoms with Gasteiger partial charge in [-0.15, -0.1) is 0 Å². The third-order valence-corrected chi connectivity index (χ3v) is 4.65. The summed E-state index contributed by atoms with van der Waals surface area (Å²) in [6.45, 7) is 10.6. The number of aromatic nitrogens is 2. The summed E-state index contributed by atoms with van der Waals surface area (Å²) in [6.07, 6.45) is 1.90. The maximum atomic E-state index is 6.23. The van der Waals surface area contributed by atoms with Crippen LogP contribution in [0.25, 0.3) is 33.3 Å². The zero-order valence-corrected chi connectivity index (χ0v) is 15.3. The lowest BCUT2D eigenvalue weighted by molar-refractivity contribution is 0.562. The molecule has 0 N–H and O–H groups in total. The predicted molar refractivity (Wildman–Crippen MR) is 103 cm³/mol. The first-order chi connectivity index (χ1) is 11.8. The van der Waals surface area contributed by atoms with Crippen LogP contribution in [0.15, 0.2) is 47.0 Å². The zero-order valence-electron chi connectivity index (χ0n) is 15.3. The van der Waals surface area contributed by atoms with Gasteiger partial charge in [-0.25, -0.2) is 4.98 Å². The summed E-state index contributed by atoms with van der Waals surface area (Å²) < 4.78 is 6.23. The summed E-state index contributed by atoms with van der Waals surface area (Å²) >= 11 is 0. The van der Waals surface area contributed by atoms with Gasteiger partial charge in [0, 0.05) is 33.6 Å². The van der Waals surface area contributed by atoms with Crippen molar-refractivity contribution in [1.82, 2.24) is 9.97 Å². The van der Waals surface area contributed by atoms with Crippen LogP contribution in [0.4, 0.5) is 0 Å². The topological polar surface area (TPSA) is 38.9 Å². The molecule has 0 saturated heterocycles. The van der Waals surface area contributed by atoms with Crippen LogP contribution in [0.2, 0.25) is 0 Å². The van der Waals surface area contributed by atoms with Crippen molar-refractivity contribution < 1.29 is 4.42 Å². The van der Waals surface area contributed by atoms with Crippen LogP contribution >= 0.6 is 0 Å². The number of fused-ring (bicyclic) bond motifs is 3. The van der Waals surface area contributed by atoms with Crippen molar-refractivity contribution in [2.24, 2.45) is 0 Å². The van der Waals surface area contributed by atoms with Crippen LogP contribution in [0, 0.1) is 13.8 Å². The van der Waals surface area contributed by atoms with Crippen molar-refractivity contribution in [3.8, 4) is 11.3 Å². The summed E-state index contributed by atoms with van der Waals surface area (Å²) in [5.74, 6) is 0. The summed E-state index contributed by atoms with van der Waals surface area (Å²) in [6, 6.07) is 12.6. The third kappa shape index (κ3) is 2.60. The van der Waals surface area contributed by atoms with E-state index in [1.54, 1.807) is 0 Å². The standard InChI is InChI=1S/C22H22N2O/c1-13-6-10-17(23-12-13)19-14(2)7-8-15-16-9-11-18(22(3,4)5)24-21(16)25-20(15)19/h6-12H,1-5H3. The van der Waals surface area contributed by atoms with Crippen molar-refractivity contribution >= 4 is 22.1 Å². The molecule has 3 heteroatoms. The predicted octanol–water partition coefficient (Wildman–Crippen LogP) is 5.96. The highest BCUT2D eigenvalue weighted by Crippen LogP contribution is 2.37. The van der Waals surface area contributed by atoms with Gasteiger partial charge in [0.05, 0.1) is 5.69 Å². The van der Waals surface area contributed by atoms with E-state index in [1.165, 1.54) is 0 Å². The van der Waals surface area contributed by atoms with Crippen LogP contribution in [-0.4, -0.2) is 9.97 Å². The van der Waals surface area contributed by atoms with Gasteiger partial charge in [0.1, 0.15) is 5.58 Å². The number of hydrogen-bond acceptors (Lipinski definition) is 3. The van der Waals surface area contributed by atoms with Crippen molar-refractivity contribution in [2.75, 3.05) is 0 Å². The van der Waals surface area contributed by atoms with E-state index in [0.29, 0.717) is 5.71 Å². The summed E-state index contributed by atoms with van der Waals surface area (Å²) in [5, 5.41) is 2.14. The molecule has 3 heterocycles. The molecule has 0 amide bonds. The lowest BCUT2D eigenvalue weighted by atomic mass is 9.91. The maximum absolute atomic E-state index is 6.23. The SMILES string of the molecule is Cc1ccc(-c2c(C)ccc3c2oc2nc(C(C)(C)C)ccc23)nc1. The normalized spacial score (nSPS) is 12.2. The minimum Gasteiger partial charge on any atom is -0.437 e. The molecule has 0 atom stereocenters. The minimum absolute atomic E-state index is 0.00950. The average molecular weight is 330 g/mol. The second kappa shape index (κ2) is 5.41. The van der Waals surface area contributed by atoms with E-state index in [4.69, 9.17) is 9.40 Å². The van der Waals surface area contributed by atoms with Gasteiger partial charge in [-0.2, -0.15) is 0 Å². The first-order valence-electron chi connectivity index (χ1n) is 8.61. The van der Waals surface area contributed by atoms with E-state index in [1.807, 2.05) is 13.1 Å². The Morgan fingerprint density at radius 2 is 1.64 bits per heavy atom. The molecule has 0 spiro atoms. The van der Waals surface area contributed by atoms with Gasteiger partial charge in [-0.05, 0) is 43.2 Å². The fourth-order valence-electron chi connectivity index (χ4n) is 3.17. The van der Waals surface area contributed by atoms with Crippen molar-refractivity contribution in [2.45, 2.75) is 40.0 Å². The van der Waals surface area contributed by atoms with Crippen molar-refractivity contribution in [3.05, 3.63) is 59.4 Å². The van der Waals surface area contributed by atoms with Gasteiger partial charge >= 0.3 is 0 Å². The molecule has 0 unspecified atom stereocenters. The third-order valence-electron chi connectivity index (χ3n) is 4.65. The molecule has 25 heavy (non-hydrogen) atoms. The largest absolute Gasteiger partial charge is 0.437 e. The first-order valence-corrected chi connectivity index (χ1v) is 8.61. The first kappa shape index (κ1) is 15.8. The molecule has 0 aliphatic heterocycles. The zero-order chi connectivity index (χ0) is 17.8. The Kier molecular flexibility index (Phi) is 3.43. The number of aryl methyl sites for hydroxylation is 2. The Hall–Kier alpha value is -2.68. The Bertz CT molecular complexity index is 1080. The highest BCUT2D eigenvalue weighted by atomic mass is 16.3. The van der Waals surface area contributed by atoms with E-state index in [-0.39, 0.29) is 5.41 Å². The molecule has 0 aliphatic carbocycles. The van der Waals surface area contributed by atoms with Crippen LogP contribution in [-0.2, 0) is 5.41 Å². The molecule has 126 valence electrons. The Morgan fingerprint density at radius 3 is 2.32 bits per heavy atom. The summed E-state index contributed by atoms with van der Waals surface area (Å²) in [5.41, 5.74) is 6.87. The lowest BCUT2D eigenvalue weighted by Gasteiger charge is -2.16. The molecule has 0 bridgehead atoms. The lowest BCUT2D eigenvalue weighted by Crippen LogP contribution is -2.12. The minimum atomic E-state index is -0.00950. The number of furan rings is 1. The highest BCUT2D eigenvalue weighted by molar-refractivity contribution is 6.09. The van der Waals surface area contributed by atoms with E-state index < -0.39 is 0 Å². The van der Waals surface area contributed by atoms with Gasteiger partial charge in [-0.1, -0.05) is 39.0 Å². The molecule has 0 saturated carbocycles. The van der Waals surface area contributed by atoms with Gasteiger partial charge in [0.25, 0.3) is 0 Å². The fourth-order valence-corrected chi connectivity index (χ4v) is 3.17. The van der Waals surface area contributed by atoms with Crippen LogP contribution in [0.3, 0.4) is 0 Å². The molecule has 0 radical (unpaired) electrons. The second-order valence-corrected chi connectivity index (χ2v) is 7.76.